The first-order chi connectivity index (χ1) is 8.70. The van der Waals surface area contributed by atoms with Gasteiger partial charge in [-0.15, -0.1) is 0 Å². The van der Waals surface area contributed by atoms with Crippen molar-refractivity contribution >= 4 is 33.4 Å². The molecule has 0 radical (unpaired) electrons. The fraction of sp³-hybridized carbons (Fsp3) is 0.0714. The summed E-state index contributed by atoms with van der Waals surface area (Å²) in [6.45, 7) is 0. The van der Waals surface area contributed by atoms with E-state index < -0.39 is 5.91 Å². The molecule has 90 valence electrons. The molecular formula is C14H13N3O. The third kappa shape index (κ3) is 1.43. The summed E-state index contributed by atoms with van der Waals surface area (Å²) in [6.07, 6.45) is 0. The molecule has 0 unspecified atom stereocenters. The van der Waals surface area contributed by atoms with Crippen LogP contribution in [0.4, 0.5) is 5.69 Å². The van der Waals surface area contributed by atoms with Crippen LogP contribution in [0.25, 0.3) is 21.8 Å². The molecule has 0 fully saturated rings. The van der Waals surface area contributed by atoms with Crippen molar-refractivity contribution in [3.8, 4) is 0 Å². The maximum absolute atomic E-state index is 11.4. The van der Waals surface area contributed by atoms with Gasteiger partial charge in [-0.05, 0) is 18.2 Å². The highest BCUT2D eigenvalue weighted by Crippen LogP contribution is 2.31. The van der Waals surface area contributed by atoms with E-state index in [0.29, 0.717) is 5.56 Å². The van der Waals surface area contributed by atoms with Crippen LogP contribution in [0.15, 0.2) is 36.4 Å². The number of carbonyl (C=O) groups is 1. The predicted octanol–water partition coefficient (Wildman–Crippen LogP) is 2.46. The van der Waals surface area contributed by atoms with Gasteiger partial charge in [0.05, 0.1) is 11.2 Å². The molecule has 0 aliphatic rings. The van der Waals surface area contributed by atoms with E-state index in [1.807, 2.05) is 37.4 Å². The van der Waals surface area contributed by atoms with Gasteiger partial charge in [0.1, 0.15) is 0 Å². The minimum Gasteiger partial charge on any atom is -0.386 e. The van der Waals surface area contributed by atoms with Crippen LogP contribution in [0.5, 0.6) is 0 Å². The Kier molecular flexibility index (Phi) is 2.23. The number of aromatic amines is 1. The molecule has 1 amide bonds. The topological polar surface area (TPSA) is 70.9 Å². The predicted molar refractivity (Wildman–Crippen MR) is 73.9 cm³/mol. The number of H-pyrrole nitrogens is 1. The van der Waals surface area contributed by atoms with E-state index >= 15 is 0 Å². The Labute approximate surface area is 104 Å². The lowest BCUT2D eigenvalue weighted by Crippen LogP contribution is -2.11. The Morgan fingerprint density at radius 3 is 2.72 bits per heavy atom. The third-order valence-corrected chi connectivity index (χ3v) is 3.17. The van der Waals surface area contributed by atoms with Gasteiger partial charge in [0, 0.05) is 28.9 Å². The fourth-order valence-corrected chi connectivity index (χ4v) is 2.29. The number of amides is 1. The summed E-state index contributed by atoms with van der Waals surface area (Å²) >= 11 is 0. The number of carbonyl (C=O) groups excluding carboxylic acids is 1. The zero-order valence-electron chi connectivity index (χ0n) is 9.95. The average molecular weight is 239 g/mol. The summed E-state index contributed by atoms with van der Waals surface area (Å²) < 4.78 is 0. The van der Waals surface area contributed by atoms with Gasteiger partial charge >= 0.3 is 0 Å². The van der Waals surface area contributed by atoms with E-state index in [0.717, 1.165) is 27.5 Å². The van der Waals surface area contributed by atoms with Gasteiger partial charge < -0.3 is 16.0 Å². The van der Waals surface area contributed by atoms with Gasteiger partial charge in [0.15, 0.2) is 0 Å². The van der Waals surface area contributed by atoms with Crippen molar-refractivity contribution in [1.29, 1.82) is 0 Å². The van der Waals surface area contributed by atoms with Gasteiger partial charge in [0.25, 0.3) is 0 Å². The molecule has 0 spiro atoms. The van der Waals surface area contributed by atoms with Gasteiger partial charge in [0.2, 0.25) is 5.91 Å². The van der Waals surface area contributed by atoms with Gasteiger partial charge in [-0.1, -0.05) is 18.2 Å². The number of anilines is 1. The minimum absolute atomic E-state index is 0.418. The highest BCUT2D eigenvalue weighted by molar-refractivity contribution is 6.13. The average Bonchev–Trinajstić information content (AvgIpc) is 2.76. The largest absolute Gasteiger partial charge is 0.386 e. The Morgan fingerprint density at radius 2 is 2.00 bits per heavy atom. The standard InChI is InChI=1S/C14H13N3O/c1-16-12-7-8(14(15)18)6-10-9-4-2-3-5-11(9)17-13(10)12/h2-7,16-17H,1H3,(H2,15,18). The quantitative estimate of drug-likeness (QED) is 0.642. The first kappa shape index (κ1) is 10.7. The molecule has 0 saturated carbocycles. The van der Waals surface area contributed by atoms with Crippen LogP contribution in [-0.4, -0.2) is 17.9 Å². The molecule has 4 nitrogen and oxygen atoms in total. The van der Waals surface area contributed by atoms with Crippen LogP contribution in [0, 0.1) is 0 Å². The second-order valence-corrected chi connectivity index (χ2v) is 4.23. The van der Waals surface area contributed by atoms with Crippen molar-refractivity contribution in [1.82, 2.24) is 4.98 Å². The highest BCUT2D eigenvalue weighted by atomic mass is 16.1. The number of nitrogens with two attached hydrogens (primary N) is 1. The molecule has 0 aliphatic carbocycles. The van der Waals surface area contributed by atoms with Crippen LogP contribution < -0.4 is 11.1 Å². The molecule has 0 saturated heterocycles. The fourth-order valence-electron chi connectivity index (χ4n) is 2.29. The lowest BCUT2D eigenvalue weighted by atomic mass is 10.1. The van der Waals surface area contributed by atoms with Crippen molar-refractivity contribution in [2.45, 2.75) is 0 Å². The minimum atomic E-state index is -0.418. The molecule has 18 heavy (non-hydrogen) atoms. The molecule has 4 N–H and O–H groups in total. The van der Waals surface area contributed by atoms with E-state index in [2.05, 4.69) is 10.3 Å². The number of fused-ring (bicyclic) bond motifs is 3. The lowest BCUT2D eigenvalue weighted by molar-refractivity contribution is 0.100. The summed E-state index contributed by atoms with van der Waals surface area (Å²) in [6, 6.07) is 11.6. The van der Waals surface area contributed by atoms with Crippen molar-refractivity contribution in [2.75, 3.05) is 12.4 Å². The number of nitrogens with one attached hydrogen (secondary N) is 2. The van der Waals surface area contributed by atoms with Gasteiger partial charge in [-0.2, -0.15) is 0 Å². The zero-order valence-corrected chi connectivity index (χ0v) is 9.95. The van der Waals surface area contributed by atoms with E-state index in [1.165, 1.54) is 0 Å². The molecule has 1 heterocycles. The van der Waals surface area contributed by atoms with E-state index in [1.54, 1.807) is 6.07 Å². The second-order valence-electron chi connectivity index (χ2n) is 4.23. The van der Waals surface area contributed by atoms with Crippen molar-refractivity contribution in [3.05, 3.63) is 42.0 Å². The smallest absolute Gasteiger partial charge is 0.248 e. The molecule has 3 rings (SSSR count). The number of benzene rings is 2. The second kappa shape index (κ2) is 3.77. The molecular weight excluding hydrogens is 226 g/mol. The zero-order chi connectivity index (χ0) is 12.7. The van der Waals surface area contributed by atoms with Crippen LogP contribution in [0.3, 0.4) is 0 Å². The highest BCUT2D eigenvalue weighted by Gasteiger charge is 2.11. The Morgan fingerprint density at radius 1 is 1.22 bits per heavy atom. The molecule has 4 heteroatoms. The van der Waals surface area contributed by atoms with Crippen LogP contribution >= 0.6 is 0 Å². The van der Waals surface area contributed by atoms with Crippen molar-refractivity contribution < 1.29 is 4.79 Å². The number of rotatable bonds is 2. The van der Waals surface area contributed by atoms with Gasteiger partial charge in [-0.25, -0.2) is 0 Å². The van der Waals surface area contributed by atoms with Gasteiger partial charge in [-0.3, -0.25) is 4.79 Å². The molecule has 0 aliphatic heterocycles. The van der Waals surface area contributed by atoms with Crippen molar-refractivity contribution in [2.24, 2.45) is 5.73 Å². The summed E-state index contributed by atoms with van der Waals surface area (Å²) in [5.74, 6) is -0.418. The van der Waals surface area contributed by atoms with Crippen LogP contribution in [0.2, 0.25) is 0 Å². The molecule has 2 aromatic carbocycles. The summed E-state index contributed by atoms with van der Waals surface area (Å²) in [4.78, 5) is 14.7. The SMILES string of the molecule is CNc1cc(C(N)=O)cc2c1[nH]c1ccccc12. The lowest BCUT2D eigenvalue weighted by Gasteiger charge is -2.04. The number of aromatic nitrogens is 1. The van der Waals surface area contributed by atoms with E-state index in [-0.39, 0.29) is 0 Å². The summed E-state index contributed by atoms with van der Waals surface area (Å²) in [7, 11) is 1.82. The van der Waals surface area contributed by atoms with E-state index in [4.69, 9.17) is 5.73 Å². The van der Waals surface area contributed by atoms with Crippen LogP contribution in [0.1, 0.15) is 10.4 Å². The number of hydrogen-bond donors (Lipinski definition) is 3. The maximum atomic E-state index is 11.4. The molecule has 1 aromatic heterocycles. The van der Waals surface area contributed by atoms with E-state index in [9.17, 15) is 4.79 Å². The number of hydrogen-bond acceptors (Lipinski definition) is 2. The first-order valence-electron chi connectivity index (χ1n) is 5.72. The number of para-hydroxylation sites is 1. The Hall–Kier alpha value is -2.49. The Bertz CT molecular complexity index is 758. The number of primary amides is 1. The third-order valence-electron chi connectivity index (χ3n) is 3.17. The normalized spacial score (nSPS) is 10.9. The molecule has 3 aromatic rings. The first-order valence-corrected chi connectivity index (χ1v) is 5.72. The van der Waals surface area contributed by atoms with Crippen LogP contribution in [-0.2, 0) is 0 Å². The van der Waals surface area contributed by atoms with Crippen molar-refractivity contribution in [3.63, 3.8) is 0 Å². The molecule has 0 bridgehead atoms. The monoisotopic (exact) mass is 239 g/mol. The molecule has 0 atom stereocenters. The maximum Gasteiger partial charge on any atom is 0.248 e. The summed E-state index contributed by atoms with van der Waals surface area (Å²) in [5, 5.41) is 5.18. The Balaban J connectivity index is 2.48. The summed E-state index contributed by atoms with van der Waals surface area (Å²) in [5.41, 5.74) is 8.78.